The van der Waals surface area contributed by atoms with Crippen molar-refractivity contribution in [3.8, 4) is 0 Å². The number of rotatable bonds is 4. The standard InChI is InChI=1S/C19H20N2O3S2/c1-19(2,3)25(22)20-14-16-13-15-9-7-8-12-18(15)21(16)26(23,24)17-10-5-4-6-11-17/h4-14H,1-3H3/t25-/m1/s1. The minimum Gasteiger partial charge on any atom is -0.591 e. The van der Waals surface area contributed by atoms with Crippen molar-refractivity contribution < 1.29 is 13.0 Å². The minimum absolute atomic E-state index is 0.188. The molecule has 0 spiro atoms. The molecule has 7 heteroatoms. The van der Waals surface area contributed by atoms with Crippen molar-refractivity contribution in [2.24, 2.45) is 4.40 Å². The number of para-hydroxylation sites is 1. The van der Waals surface area contributed by atoms with E-state index in [4.69, 9.17) is 0 Å². The van der Waals surface area contributed by atoms with Gasteiger partial charge in [-0.1, -0.05) is 40.8 Å². The molecule has 3 aromatic rings. The molecule has 1 atom stereocenters. The number of hydrogen-bond acceptors (Lipinski definition) is 4. The molecule has 1 aromatic heterocycles. The van der Waals surface area contributed by atoms with E-state index in [0.717, 1.165) is 5.39 Å². The van der Waals surface area contributed by atoms with Gasteiger partial charge in [-0.05, 0) is 45.0 Å². The highest BCUT2D eigenvalue weighted by atomic mass is 32.2. The number of benzene rings is 2. The second-order valence-electron chi connectivity index (χ2n) is 6.81. The van der Waals surface area contributed by atoms with Crippen molar-refractivity contribution in [1.82, 2.24) is 3.97 Å². The first-order chi connectivity index (χ1) is 12.2. The molecule has 0 aliphatic heterocycles. The Morgan fingerprint density at radius 3 is 2.31 bits per heavy atom. The maximum Gasteiger partial charge on any atom is 0.268 e. The molecule has 3 rings (SSSR count). The Morgan fingerprint density at radius 2 is 1.65 bits per heavy atom. The third-order valence-electron chi connectivity index (χ3n) is 3.78. The monoisotopic (exact) mass is 388 g/mol. The van der Waals surface area contributed by atoms with Gasteiger partial charge in [0.15, 0.2) is 0 Å². The van der Waals surface area contributed by atoms with E-state index in [9.17, 15) is 13.0 Å². The van der Waals surface area contributed by atoms with E-state index in [2.05, 4.69) is 4.40 Å². The maximum absolute atomic E-state index is 13.2. The Hall–Kier alpha value is -2.09. The quantitative estimate of drug-likeness (QED) is 0.504. The van der Waals surface area contributed by atoms with Crippen molar-refractivity contribution in [2.75, 3.05) is 0 Å². The molecule has 0 N–H and O–H groups in total. The fourth-order valence-corrected chi connectivity index (χ4v) is 4.50. The van der Waals surface area contributed by atoms with Gasteiger partial charge in [0.25, 0.3) is 10.0 Å². The highest BCUT2D eigenvalue weighted by Crippen LogP contribution is 2.25. The molecular weight excluding hydrogens is 368 g/mol. The Morgan fingerprint density at radius 1 is 1.04 bits per heavy atom. The summed E-state index contributed by atoms with van der Waals surface area (Å²) in [6.45, 7) is 5.45. The van der Waals surface area contributed by atoms with Crippen LogP contribution in [0.3, 0.4) is 0 Å². The molecule has 5 nitrogen and oxygen atoms in total. The summed E-state index contributed by atoms with van der Waals surface area (Å²) in [5, 5.41) is 0.773. The van der Waals surface area contributed by atoms with E-state index in [0.29, 0.717) is 11.2 Å². The molecular formula is C19H20N2O3S2. The molecule has 0 saturated carbocycles. The average Bonchev–Trinajstić information content (AvgIpc) is 2.98. The van der Waals surface area contributed by atoms with Crippen LogP contribution >= 0.6 is 0 Å². The van der Waals surface area contributed by atoms with Crippen LogP contribution in [0.4, 0.5) is 0 Å². The zero-order chi connectivity index (χ0) is 18.9. The predicted octanol–water partition coefficient (Wildman–Crippen LogP) is 3.76. The lowest BCUT2D eigenvalue weighted by Crippen LogP contribution is -2.26. The van der Waals surface area contributed by atoms with E-state index >= 15 is 0 Å². The van der Waals surface area contributed by atoms with Crippen molar-refractivity contribution in [1.29, 1.82) is 0 Å². The largest absolute Gasteiger partial charge is 0.591 e. The predicted molar refractivity (Wildman–Crippen MR) is 106 cm³/mol. The Bertz CT molecular complexity index is 1050. The summed E-state index contributed by atoms with van der Waals surface area (Å²) < 4.78 is 43.5. The van der Waals surface area contributed by atoms with Crippen molar-refractivity contribution in [2.45, 2.75) is 30.4 Å². The third-order valence-corrected chi connectivity index (χ3v) is 6.88. The third kappa shape index (κ3) is 3.56. The van der Waals surface area contributed by atoms with Crippen molar-refractivity contribution in [3.05, 3.63) is 66.4 Å². The van der Waals surface area contributed by atoms with Crippen LogP contribution in [0.5, 0.6) is 0 Å². The molecule has 0 aliphatic carbocycles. The first-order valence-electron chi connectivity index (χ1n) is 8.08. The van der Waals surface area contributed by atoms with Gasteiger partial charge in [-0.15, -0.1) is 0 Å². The summed E-state index contributed by atoms with van der Waals surface area (Å²) >= 11 is -1.48. The smallest absolute Gasteiger partial charge is 0.268 e. The van der Waals surface area contributed by atoms with Gasteiger partial charge in [-0.3, -0.25) is 0 Å². The van der Waals surface area contributed by atoms with Crippen LogP contribution in [-0.2, 0) is 21.4 Å². The van der Waals surface area contributed by atoms with Gasteiger partial charge in [0, 0.05) is 5.39 Å². The average molecular weight is 389 g/mol. The molecule has 0 amide bonds. The van der Waals surface area contributed by atoms with E-state index in [1.807, 2.05) is 32.9 Å². The second kappa shape index (κ2) is 6.90. The number of aromatic nitrogens is 1. The molecule has 0 aliphatic rings. The summed E-state index contributed by atoms with van der Waals surface area (Å²) in [5.74, 6) is 0. The SMILES string of the molecule is CC(C)(C)[S@@+]([O-])N=Cc1cc2ccccc2n1S(=O)(=O)c1ccccc1. The molecule has 0 saturated heterocycles. The van der Waals surface area contributed by atoms with Crippen LogP contribution < -0.4 is 0 Å². The molecule has 1 heterocycles. The van der Waals surface area contributed by atoms with Crippen LogP contribution in [0.1, 0.15) is 26.5 Å². The number of nitrogens with zero attached hydrogens (tertiary/aromatic N) is 2. The van der Waals surface area contributed by atoms with Crippen molar-refractivity contribution >= 4 is 38.5 Å². The molecule has 0 bridgehead atoms. The van der Waals surface area contributed by atoms with E-state index in [1.165, 1.54) is 10.2 Å². The van der Waals surface area contributed by atoms with Crippen LogP contribution in [0.2, 0.25) is 0 Å². The minimum atomic E-state index is -3.81. The highest BCUT2D eigenvalue weighted by Gasteiger charge is 2.27. The Labute approximate surface area is 156 Å². The molecule has 26 heavy (non-hydrogen) atoms. The van der Waals surface area contributed by atoms with Crippen molar-refractivity contribution in [3.63, 3.8) is 0 Å². The Kier molecular flexibility index (Phi) is 4.96. The fraction of sp³-hybridized carbons (Fsp3) is 0.211. The maximum atomic E-state index is 13.2. The lowest BCUT2D eigenvalue weighted by Gasteiger charge is -2.17. The van der Waals surface area contributed by atoms with Gasteiger partial charge in [0.2, 0.25) is 0 Å². The lowest BCUT2D eigenvalue weighted by molar-refractivity contribution is 0.561. The van der Waals surface area contributed by atoms with Gasteiger partial charge in [0.05, 0.1) is 16.1 Å². The molecule has 0 unspecified atom stereocenters. The number of fused-ring (bicyclic) bond motifs is 1. The summed E-state index contributed by atoms with van der Waals surface area (Å²) in [6.07, 6.45) is 1.38. The number of hydrogen-bond donors (Lipinski definition) is 0. The summed E-state index contributed by atoms with van der Waals surface area (Å²) in [4.78, 5) is 0.188. The summed E-state index contributed by atoms with van der Waals surface area (Å²) in [5.41, 5.74) is 0.923. The van der Waals surface area contributed by atoms with Gasteiger partial charge in [-0.25, -0.2) is 12.4 Å². The van der Waals surface area contributed by atoms with Gasteiger partial charge in [0.1, 0.15) is 22.3 Å². The zero-order valence-electron chi connectivity index (χ0n) is 14.8. The summed E-state index contributed by atoms with van der Waals surface area (Å²) in [7, 11) is -3.81. The van der Waals surface area contributed by atoms with Crippen LogP contribution in [-0.4, -0.2) is 27.9 Å². The first kappa shape index (κ1) is 18.7. The normalized spacial score (nSPS) is 14.2. The van der Waals surface area contributed by atoms with Crippen LogP contribution in [0, 0.1) is 0 Å². The van der Waals surface area contributed by atoms with Crippen LogP contribution in [0.25, 0.3) is 10.9 Å². The topological polar surface area (TPSA) is 74.5 Å². The van der Waals surface area contributed by atoms with Crippen LogP contribution in [0.15, 0.2) is 70.0 Å². The summed E-state index contributed by atoms with van der Waals surface area (Å²) in [6, 6.07) is 17.2. The fourth-order valence-electron chi connectivity index (χ4n) is 2.47. The second-order valence-corrected chi connectivity index (χ2v) is 10.5. The van der Waals surface area contributed by atoms with E-state index in [-0.39, 0.29) is 4.90 Å². The molecule has 0 radical (unpaired) electrons. The first-order valence-corrected chi connectivity index (χ1v) is 10.6. The lowest BCUT2D eigenvalue weighted by atomic mass is 10.2. The van der Waals surface area contributed by atoms with Gasteiger partial charge >= 0.3 is 0 Å². The highest BCUT2D eigenvalue weighted by molar-refractivity contribution is 7.91. The molecule has 136 valence electrons. The zero-order valence-corrected chi connectivity index (χ0v) is 16.4. The Balaban J connectivity index is 2.20. The molecule has 0 fully saturated rings. The molecule has 2 aromatic carbocycles. The van der Waals surface area contributed by atoms with Gasteiger partial charge in [-0.2, -0.15) is 0 Å². The van der Waals surface area contributed by atoms with E-state index < -0.39 is 26.1 Å². The van der Waals surface area contributed by atoms with E-state index in [1.54, 1.807) is 48.5 Å². The van der Waals surface area contributed by atoms with Gasteiger partial charge < -0.3 is 4.55 Å².